The summed E-state index contributed by atoms with van der Waals surface area (Å²) in [6, 6.07) is 16.3. The number of rotatable bonds is 10. The number of nitrogens with one attached hydrogen (secondary N) is 1. The highest BCUT2D eigenvalue weighted by Gasteiger charge is 2.25. The van der Waals surface area contributed by atoms with Gasteiger partial charge < -0.3 is 19.5 Å². The topological polar surface area (TPSA) is 83.6 Å². The maximum atomic E-state index is 12.6. The van der Waals surface area contributed by atoms with Crippen LogP contribution in [0.25, 0.3) is 0 Å². The van der Waals surface area contributed by atoms with Gasteiger partial charge in [-0.3, -0.25) is 14.7 Å². The number of carbonyl (C=O) groups excluding carboxylic acids is 2. The lowest BCUT2D eigenvalue weighted by molar-refractivity contribution is 0.0476. The fourth-order valence-electron chi connectivity index (χ4n) is 4.75. The van der Waals surface area contributed by atoms with E-state index in [4.69, 9.17) is 14.2 Å². The van der Waals surface area contributed by atoms with Crippen molar-refractivity contribution in [3.05, 3.63) is 70.8 Å². The number of piperazine rings is 1. The van der Waals surface area contributed by atoms with E-state index in [9.17, 15) is 9.59 Å². The van der Waals surface area contributed by atoms with Crippen LogP contribution in [0.5, 0.6) is 0 Å². The molecule has 39 heavy (non-hydrogen) atoms. The first-order valence-corrected chi connectivity index (χ1v) is 13.8. The van der Waals surface area contributed by atoms with Crippen molar-refractivity contribution in [3.8, 4) is 0 Å². The first kappa shape index (κ1) is 28.9. The van der Waals surface area contributed by atoms with Crippen LogP contribution < -0.4 is 5.32 Å². The predicted molar refractivity (Wildman–Crippen MR) is 149 cm³/mol. The van der Waals surface area contributed by atoms with Crippen molar-refractivity contribution in [3.63, 3.8) is 0 Å². The molecule has 2 amide bonds. The van der Waals surface area contributed by atoms with Gasteiger partial charge in [0.25, 0.3) is 0 Å². The molecule has 0 radical (unpaired) electrons. The standard InChI is InChI=1S/C30H42N4O5/c1-30(2,3)39-28(35)31-11-17-37-18-16-32-12-14-33(15-13-32)20-25-9-10-26-21-34(22-27(26)19-25)29(36)38-23-24-7-5-4-6-8-24/h4-10,19H,11-18,20-23H2,1-3H3,(H,31,35). The number of carbonyl (C=O) groups is 2. The summed E-state index contributed by atoms with van der Waals surface area (Å²) in [6.07, 6.45) is -0.680. The molecular weight excluding hydrogens is 496 g/mol. The molecule has 1 fully saturated rings. The lowest BCUT2D eigenvalue weighted by atomic mass is 10.1. The number of nitrogens with zero attached hydrogens (tertiary/aromatic N) is 3. The molecule has 0 saturated carbocycles. The zero-order chi connectivity index (χ0) is 27.7. The van der Waals surface area contributed by atoms with Crippen molar-refractivity contribution in [2.75, 3.05) is 52.5 Å². The van der Waals surface area contributed by atoms with E-state index in [1.54, 1.807) is 4.90 Å². The summed E-state index contributed by atoms with van der Waals surface area (Å²) < 4.78 is 16.4. The third-order valence-corrected chi connectivity index (χ3v) is 6.79. The number of alkyl carbamates (subject to hydrolysis) is 1. The Morgan fingerprint density at radius 2 is 1.59 bits per heavy atom. The second-order valence-electron chi connectivity index (χ2n) is 11.2. The van der Waals surface area contributed by atoms with Crippen LogP contribution in [0.4, 0.5) is 9.59 Å². The zero-order valence-corrected chi connectivity index (χ0v) is 23.5. The largest absolute Gasteiger partial charge is 0.445 e. The lowest BCUT2D eigenvalue weighted by Crippen LogP contribution is -2.46. The van der Waals surface area contributed by atoms with Crippen molar-refractivity contribution in [2.45, 2.75) is 52.6 Å². The van der Waals surface area contributed by atoms with E-state index in [0.717, 1.165) is 44.8 Å². The highest BCUT2D eigenvalue weighted by Crippen LogP contribution is 2.25. The zero-order valence-electron chi connectivity index (χ0n) is 23.5. The highest BCUT2D eigenvalue weighted by molar-refractivity contribution is 5.69. The Morgan fingerprint density at radius 1 is 0.872 bits per heavy atom. The molecule has 2 aliphatic heterocycles. The van der Waals surface area contributed by atoms with Crippen LogP contribution >= 0.6 is 0 Å². The molecule has 0 bridgehead atoms. The summed E-state index contributed by atoms with van der Waals surface area (Å²) in [5.41, 5.74) is 4.18. The van der Waals surface area contributed by atoms with Crippen LogP contribution in [0, 0.1) is 0 Å². The Balaban J connectivity index is 1.10. The van der Waals surface area contributed by atoms with Gasteiger partial charge in [-0.15, -0.1) is 0 Å². The summed E-state index contributed by atoms with van der Waals surface area (Å²) in [4.78, 5) is 30.9. The molecule has 9 heteroatoms. The predicted octanol–water partition coefficient (Wildman–Crippen LogP) is 4.00. The molecule has 2 aromatic carbocycles. The van der Waals surface area contributed by atoms with Gasteiger partial charge in [0.15, 0.2) is 0 Å². The van der Waals surface area contributed by atoms with Crippen molar-refractivity contribution in [1.29, 1.82) is 0 Å². The van der Waals surface area contributed by atoms with Crippen molar-refractivity contribution in [1.82, 2.24) is 20.0 Å². The summed E-state index contributed by atoms with van der Waals surface area (Å²) in [6.45, 7) is 14.4. The van der Waals surface area contributed by atoms with E-state index >= 15 is 0 Å². The van der Waals surface area contributed by atoms with Crippen LogP contribution in [0.1, 0.15) is 43.0 Å². The first-order chi connectivity index (χ1) is 18.7. The van der Waals surface area contributed by atoms with Gasteiger partial charge in [0, 0.05) is 58.9 Å². The molecule has 2 heterocycles. The Labute approximate surface area is 232 Å². The second-order valence-corrected chi connectivity index (χ2v) is 11.2. The van der Waals surface area contributed by atoms with Gasteiger partial charge in [0.05, 0.1) is 13.2 Å². The highest BCUT2D eigenvalue weighted by atomic mass is 16.6. The lowest BCUT2D eigenvalue weighted by Gasteiger charge is -2.34. The average Bonchev–Trinajstić information content (AvgIpc) is 3.33. The fraction of sp³-hybridized carbons (Fsp3) is 0.533. The summed E-state index contributed by atoms with van der Waals surface area (Å²) in [7, 11) is 0. The molecule has 2 aromatic rings. The molecule has 0 unspecified atom stereocenters. The minimum Gasteiger partial charge on any atom is -0.445 e. The normalized spacial score (nSPS) is 16.1. The average molecular weight is 539 g/mol. The van der Waals surface area contributed by atoms with Crippen LogP contribution in [-0.2, 0) is 40.5 Å². The molecule has 0 aromatic heterocycles. The fourth-order valence-corrected chi connectivity index (χ4v) is 4.75. The molecule has 0 aliphatic carbocycles. The minimum absolute atomic E-state index is 0.268. The Kier molecular flexibility index (Phi) is 10.2. The van der Waals surface area contributed by atoms with Crippen LogP contribution in [0.3, 0.4) is 0 Å². The summed E-state index contributed by atoms with van der Waals surface area (Å²) in [5.74, 6) is 0. The first-order valence-electron chi connectivity index (χ1n) is 13.8. The molecule has 1 saturated heterocycles. The Bertz CT molecular complexity index is 1080. The van der Waals surface area contributed by atoms with E-state index in [1.807, 2.05) is 51.1 Å². The third-order valence-electron chi connectivity index (χ3n) is 6.79. The van der Waals surface area contributed by atoms with E-state index < -0.39 is 11.7 Å². The second kappa shape index (κ2) is 13.8. The number of benzene rings is 2. The molecule has 2 aliphatic rings. The Morgan fingerprint density at radius 3 is 2.33 bits per heavy atom. The summed E-state index contributed by atoms with van der Waals surface area (Å²) >= 11 is 0. The SMILES string of the molecule is CC(C)(C)OC(=O)NCCOCCN1CCN(Cc2ccc3c(c2)CN(C(=O)OCc2ccccc2)C3)CC1. The number of hydrogen-bond acceptors (Lipinski definition) is 7. The smallest absolute Gasteiger partial charge is 0.410 e. The van der Waals surface area contributed by atoms with E-state index in [2.05, 4.69) is 33.3 Å². The van der Waals surface area contributed by atoms with E-state index in [1.165, 1.54) is 16.7 Å². The summed E-state index contributed by atoms with van der Waals surface area (Å²) in [5, 5.41) is 2.71. The molecular formula is C30H42N4O5. The maximum absolute atomic E-state index is 12.6. The van der Waals surface area contributed by atoms with E-state index in [-0.39, 0.29) is 6.09 Å². The van der Waals surface area contributed by atoms with Crippen molar-refractivity contribution >= 4 is 12.2 Å². The Hall–Kier alpha value is -3.14. The number of hydrogen-bond donors (Lipinski definition) is 1. The van der Waals surface area contributed by atoms with E-state index in [0.29, 0.717) is 39.5 Å². The molecule has 0 atom stereocenters. The molecule has 0 spiro atoms. The number of fused-ring (bicyclic) bond motifs is 1. The number of ether oxygens (including phenoxy) is 3. The van der Waals surface area contributed by atoms with Gasteiger partial charge in [0.2, 0.25) is 0 Å². The van der Waals surface area contributed by atoms with Crippen LogP contribution in [0.2, 0.25) is 0 Å². The van der Waals surface area contributed by atoms with Gasteiger partial charge in [-0.05, 0) is 43.0 Å². The van der Waals surface area contributed by atoms with Crippen molar-refractivity contribution < 1.29 is 23.8 Å². The molecule has 212 valence electrons. The molecule has 4 rings (SSSR count). The van der Waals surface area contributed by atoms with Gasteiger partial charge in [0.1, 0.15) is 12.2 Å². The van der Waals surface area contributed by atoms with Gasteiger partial charge in [-0.1, -0.05) is 48.5 Å². The van der Waals surface area contributed by atoms with Gasteiger partial charge in [-0.25, -0.2) is 9.59 Å². The maximum Gasteiger partial charge on any atom is 0.410 e. The van der Waals surface area contributed by atoms with Crippen molar-refractivity contribution in [2.24, 2.45) is 0 Å². The van der Waals surface area contributed by atoms with Crippen LogP contribution in [-0.4, -0.2) is 85.0 Å². The van der Waals surface area contributed by atoms with Gasteiger partial charge >= 0.3 is 12.2 Å². The van der Waals surface area contributed by atoms with Crippen LogP contribution in [0.15, 0.2) is 48.5 Å². The molecule has 1 N–H and O–H groups in total. The quantitative estimate of drug-likeness (QED) is 0.458. The van der Waals surface area contributed by atoms with Gasteiger partial charge in [-0.2, -0.15) is 0 Å². The molecule has 9 nitrogen and oxygen atoms in total. The number of amides is 2. The monoisotopic (exact) mass is 538 g/mol. The minimum atomic E-state index is -0.493. The third kappa shape index (κ3) is 9.53.